The number of amides is 1. The molecule has 6 heteroatoms. The lowest BCUT2D eigenvalue weighted by Gasteiger charge is -2.36. The van der Waals surface area contributed by atoms with Gasteiger partial charge in [-0.3, -0.25) is 4.79 Å². The predicted molar refractivity (Wildman–Crippen MR) is 81.7 cm³/mol. The summed E-state index contributed by atoms with van der Waals surface area (Å²) in [4.78, 5) is 19.7. The van der Waals surface area contributed by atoms with Crippen LogP contribution in [-0.4, -0.2) is 21.9 Å². The molecule has 0 unspecified atom stereocenters. The van der Waals surface area contributed by atoms with Gasteiger partial charge in [0.2, 0.25) is 0 Å². The van der Waals surface area contributed by atoms with Crippen LogP contribution in [0.2, 0.25) is 10.0 Å². The van der Waals surface area contributed by atoms with Gasteiger partial charge in [0.1, 0.15) is 12.0 Å². The second-order valence-corrected chi connectivity index (χ2v) is 5.92. The number of hydrogen-bond donors (Lipinski definition) is 1. The van der Waals surface area contributed by atoms with E-state index < -0.39 is 0 Å². The highest BCUT2D eigenvalue weighted by molar-refractivity contribution is 6.42. The third-order valence-corrected chi connectivity index (χ3v) is 4.44. The number of benzene rings is 1. The molecule has 0 atom stereocenters. The van der Waals surface area contributed by atoms with Gasteiger partial charge in [0, 0.05) is 12.2 Å². The Balaban J connectivity index is 1.56. The molecule has 2 aromatic rings. The molecule has 1 aromatic heterocycles. The first kappa shape index (κ1) is 14.3. The van der Waals surface area contributed by atoms with Gasteiger partial charge in [0.25, 0.3) is 5.91 Å². The summed E-state index contributed by atoms with van der Waals surface area (Å²) in [5.41, 5.74) is 1.56. The molecule has 3 rings (SSSR count). The van der Waals surface area contributed by atoms with E-state index in [0.29, 0.717) is 21.7 Å². The van der Waals surface area contributed by atoms with Crippen molar-refractivity contribution in [1.29, 1.82) is 0 Å². The highest BCUT2D eigenvalue weighted by Gasteiger charge is 2.32. The minimum Gasteiger partial charge on any atom is -0.348 e. The number of hydrogen-bond acceptors (Lipinski definition) is 3. The molecule has 108 valence electrons. The monoisotopic (exact) mass is 321 g/mol. The van der Waals surface area contributed by atoms with Gasteiger partial charge in [-0.25, -0.2) is 9.97 Å². The van der Waals surface area contributed by atoms with Crippen LogP contribution in [0.15, 0.2) is 36.8 Å². The molecule has 0 saturated heterocycles. The minimum absolute atomic E-state index is 0.157. The Bertz CT molecular complexity index is 657. The van der Waals surface area contributed by atoms with Crippen LogP contribution in [0.25, 0.3) is 0 Å². The molecule has 0 aliphatic heterocycles. The van der Waals surface area contributed by atoms with Crippen molar-refractivity contribution < 1.29 is 4.79 Å². The first-order valence-corrected chi connectivity index (χ1v) is 7.41. The Labute approximate surface area is 132 Å². The zero-order chi connectivity index (χ0) is 14.8. The second kappa shape index (κ2) is 6.00. The fraction of sp³-hybridized carbons (Fsp3) is 0.267. The van der Waals surface area contributed by atoms with Crippen LogP contribution < -0.4 is 5.32 Å². The third-order valence-electron chi connectivity index (χ3n) is 3.70. The van der Waals surface area contributed by atoms with Crippen molar-refractivity contribution in [2.45, 2.75) is 24.8 Å². The van der Waals surface area contributed by atoms with Crippen molar-refractivity contribution in [1.82, 2.24) is 15.3 Å². The highest BCUT2D eigenvalue weighted by atomic mass is 35.5. The van der Waals surface area contributed by atoms with E-state index in [2.05, 4.69) is 15.3 Å². The normalized spacial score (nSPS) is 20.7. The van der Waals surface area contributed by atoms with E-state index in [1.165, 1.54) is 6.33 Å². The molecule has 0 bridgehead atoms. The van der Waals surface area contributed by atoms with Gasteiger partial charge >= 0.3 is 0 Å². The molecule has 1 aromatic carbocycles. The maximum atomic E-state index is 11.9. The predicted octanol–water partition coefficient (Wildman–Crippen LogP) is 3.46. The molecule has 1 saturated carbocycles. The number of halogens is 2. The molecular weight excluding hydrogens is 309 g/mol. The lowest BCUT2D eigenvalue weighted by molar-refractivity contribution is 0.0903. The van der Waals surface area contributed by atoms with Crippen LogP contribution in [0.3, 0.4) is 0 Å². The first-order chi connectivity index (χ1) is 10.1. The SMILES string of the molecule is O=C(NC1CC(c2ccc(Cl)c(Cl)c2)C1)c1ccncn1. The van der Waals surface area contributed by atoms with Gasteiger partial charge in [0.15, 0.2) is 0 Å². The lowest BCUT2D eigenvalue weighted by atomic mass is 9.76. The number of carbonyl (C=O) groups is 1. The topological polar surface area (TPSA) is 54.9 Å². The molecule has 4 nitrogen and oxygen atoms in total. The summed E-state index contributed by atoms with van der Waals surface area (Å²) < 4.78 is 0. The van der Waals surface area contributed by atoms with Gasteiger partial charge in [-0.05, 0) is 42.5 Å². The van der Waals surface area contributed by atoms with E-state index >= 15 is 0 Å². The molecule has 0 radical (unpaired) electrons. The van der Waals surface area contributed by atoms with E-state index in [1.807, 2.05) is 18.2 Å². The highest BCUT2D eigenvalue weighted by Crippen LogP contribution is 2.38. The Morgan fingerprint density at radius 2 is 2.00 bits per heavy atom. The summed E-state index contributed by atoms with van der Waals surface area (Å²) in [6.07, 6.45) is 4.72. The Morgan fingerprint density at radius 3 is 2.67 bits per heavy atom. The van der Waals surface area contributed by atoms with Crippen molar-refractivity contribution in [3.63, 3.8) is 0 Å². The molecular formula is C15H13Cl2N3O. The minimum atomic E-state index is -0.157. The molecule has 1 heterocycles. The summed E-state index contributed by atoms with van der Waals surface area (Å²) in [6.45, 7) is 0. The standard InChI is InChI=1S/C15H13Cl2N3O/c16-12-2-1-9(7-13(12)17)10-5-11(6-10)20-15(21)14-3-4-18-8-19-14/h1-4,7-8,10-11H,5-6H2,(H,20,21). The van der Waals surface area contributed by atoms with Crippen LogP contribution in [0.4, 0.5) is 0 Å². The van der Waals surface area contributed by atoms with Crippen molar-refractivity contribution in [3.8, 4) is 0 Å². The quantitative estimate of drug-likeness (QED) is 0.941. The van der Waals surface area contributed by atoms with Gasteiger partial charge in [-0.15, -0.1) is 0 Å². The zero-order valence-electron chi connectivity index (χ0n) is 11.1. The van der Waals surface area contributed by atoms with E-state index in [9.17, 15) is 4.79 Å². The number of rotatable bonds is 3. The number of carbonyl (C=O) groups excluding carboxylic acids is 1. The van der Waals surface area contributed by atoms with Crippen molar-refractivity contribution in [2.75, 3.05) is 0 Å². The van der Waals surface area contributed by atoms with E-state index in [-0.39, 0.29) is 11.9 Å². The molecule has 21 heavy (non-hydrogen) atoms. The number of aromatic nitrogens is 2. The summed E-state index contributed by atoms with van der Waals surface area (Å²) in [5.74, 6) is 0.255. The average molecular weight is 322 g/mol. The Hall–Kier alpha value is -1.65. The van der Waals surface area contributed by atoms with Crippen LogP contribution >= 0.6 is 23.2 Å². The molecule has 1 aliphatic carbocycles. The maximum absolute atomic E-state index is 11.9. The van der Waals surface area contributed by atoms with Gasteiger partial charge in [0.05, 0.1) is 10.0 Å². The van der Waals surface area contributed by atoms with Crippen molar-refractivity contribution >= 4 is 29.1 Å². The number of nitrogens with zero attached hydrogens (tertiary/aromatic N) is 2. The van der Waals surface area contributed by atoms with Crippen LogP contribution in [0, 0.1) is 0 Å². The second-order valence-electron chi connectivity index (χ2n) is 5.11. The van der Waals surface area contributed by atoms with E-state index in [1.54, 1.807) is 12.3 Å². The van der Waals surface area contributed by atoms with E-state index in [4.69, 9.17) is 23.2 Å². The third kappa shape index (κ3) is 3.17. The van der Waals surface area contributed by atoms with E-state index in [0.717, 1.165) is 18.4 Å². The molecule has 1 N–H and O–H groups in total. The van der Waals surface area contributed by atoms with Gasteiger partial charge in [-0.1, -0.05) is 29.3 Å². The number of nitrogens with one attached hydrogen (secondary N) is 1. The molecule has 1 amide bonds. The van der Waals surface area contributed by atoms with Crippen LogP contribution in [0.5, 0.6) is 0 Å². The molecule has 0 spiro atoms. The van der Waals surface area contributed by atoms with Crippen molar-refractivity contribution in [3.05, 3.63) is 58.1 Å². The maximum Gasteiger partial charge on any atom is 0.270 e. The average Bonchev–Trinajstić information content (AvgIpc) is 2.46. The fourth-order valence-electron chi connectivity index (χ4n) is 2.46. The van der Waals surface area contributed by atoms with Crippen LogP contribution in [-0.2, 0) is 0 Å². The molecule has 1 fully saturated rings. The largest absolute Gasteiger partial charge is 0.348 e. The smallest absolute Gasteiger partial charge is 0.270 e. The van der Waals surface area contributed by atoms with Gasteiger partial charge < -0.3 is 5.32 Å². The Kier molecular flexibility index (Phi) is 4.08. The summed E-state index contributed by atoms with van der Waals surface area (Å²) >= 11 is 11.9. The van der Waals surface area contributed by atoms with Crippen molar-refractivity contribution in [2.24, 2.45) is 0 Å². The summed E-state index contributed by atoms with van der Waals surface area (Å²) in [7, 11) is 0. The fourth-order valence-corrected chi connectivity index (χ4v) is 2.77. The van der Waals surface area contributed by atoms with Crippen LogP contribution in [0.1, 0.15) is 34.8 Å². The first-order valence-electron chi connectivity index (χ1n) is 6.65. The zero-order valence-corrected chi connectivity index (χ0v) is 12.6. The molecule has 1 aliphatic rings. The summed E-state index contributed by atoms with van der Waals surface area (Å²) in [6, 6.07) is 7.47. The summed E-state index contributed by atoms with van der Waals surface area (Å²) in [5, 5.41) is 4.11. The lowest BCUT2D eigenvalue weighted by Crippen LogP contribution is -2.43. The van der Waals surface area contributed by atoms with Gasteiger partial charge in [-0.2, -0.15) is 0 Å². The Morgan fingerprint density at radius 1 is 1.19 bits per heavy atom.